The van der Waals surface area contributed by atoms with Crippen LogP contribution in [0, 0.1) is 0 Å². The van der Waals surface area contributed by atoms with E-state index in [0.717, 1.165) is 0 Å². The van der Waals surface area contributed by atoms with Gasteiger partial charge in [0, 0.05) is 12.3 Å². The zero-order valence-corrected chi connectivity index (χ0v) is 22.6. The van der Waals surface area contributed by atoms with Gasteiger partial charge in [-0.05, 0) is 36.3 Å². The molecule has 8 nitrogen and oxygen atoms in total. The highest BCUT2D eigenvalue weighted by Gasteiger charge is 2.51. The molecule has 2 rings (SSSR count). The van der Waals surface area contributed by atoms with Crippen molar-refractivity contribution in [3.8, 4) is 0 Å². The fourth-order valence-electron chi connectivity index (χ4n) is 2.86. The first-order valence-electron chi connectivity index (χ1n) is 10.8. The fraction of sp³-hybridized carbons (Fsp3) is 0.810. The molecule has 31 heavy (non-hydrogen) atoms. The van der Waals surface area contributed by atoms with Crippen molar-refractivity contribution in [1.29, 1.82) is 0 Å². The first-order valence-corrected chi connectivity index (χ1v) is 16.7. The fourth-order valence-corrected chi connectivity index (χ4v) is 5.16. The Morgan fingerprint density at radius 2 is 1.61 bits per heavy atom. The van der Waals surface area contributed by atoms with Crippen LogP contribution in [0.5, 0.6) is 0 Å². The third kappa shape index (κ3) is 5.66. The molecule has 0 saturated carbocycles. The molecule has 1 aromatic rings. The third-order valence-electron chi connectivity index (χ3n) is 7.09. The molecule has 178 valence electrons. The molecule has 0 spiro atoms. The summed E-state index contributed by atoms with van der Waals surface area (Å²) in [6.07, 6.45) is -1.84. The van der Waals surface area contributed by atoms with Gasteiger partial charge in [-0.25, -0.2) is 4.79 Å². The molecule has 1 aliphatic heterocycles. The Kier molecular flexibility index (Phi) is 7.37. The zero-order valence-electron chi connectivity index (χ0n) is 20.6. The highest BCUT2D eigenvalue weighted by Crippen LogP contribution is 2.42. The number of aromatic nitrogens is 2. The van der Waals surface area contributed by atoms with Crippen molar-refractivity contribution in [3.63, 3.8) is 0 Å². The van der Waals surface area contributed by atoms with E-state index in [9.17, 15) is 14.7 Å². The van der Waals surface area contributed by atoms with Crippen molar-refractivity contribution in [1.82, 2.24) is 9.55 Å². The number of nitrogens with zero attached hydrogens (tertiary/aromatic N) is 1. The van der Waals surface area contributed by atoms with Crippen LogP contribution in [-0.2, 0) is 13.6 Å². The molecule has 0 radical (unpaired) electrons. The summed E-state index contributed by atoms with van der Waals surface area (Å²) in [5.74, 6) is 0. The highest BCUT2D eigenvalue weighted by molar-refractivity contribution is 6.74. The molecular formula is C21H40N2O6Si2. The van der Waals surface area contributed by atoms with Crippen molar-refractivity contribution >= 4 is 16.6 Å². The summed E-state index contributed by atoms with van der Waals surface area (Å²) in [4.78, 5) is 26.3. The Balaban J connectivity index is 2.37. The predicted octanol–water partition coefficient (Wildman–Crippen LogP) is 3.21. The lowest BCUT2D eigenvalue weighted by molar-refractivity contribution is -0.0514. The third-order valence-corrected chi connectivity index (χ3v) is 16.1. The van der Waals surface area contributed by atoms with E-state index in [1.54, 1.807) is 0 Å². The predicted molar refractivity (Wildman–Crippen MR) is 126 cm³/mol. The minimum Gasteiger partial charge on any atom is -0.414 e. The van der Waals surface area contributed by atoms with Crippen LogP contribution < -0.4 is 11.2 Å². The second kappa shape index (κ2) is 8.71. The summed E-state index contributed by atoms with van der Waals surface area (Å²) < 4.78 is 20.2. The molecule has 4 atom stereocenters. The van der Waals surface area contributed by atoms with E-state index in [-0.39, 0.29) is 16.7 Å². The summed E-state index contributed by atoms with van der Waals surface area (Å²) in [7, 11) is -4.35. The molecule has 0 amide bonds. The second-order valence-corrected chi connectivity index (χ2v) is 21.1. The van der Waals surface area contributed by atoms with Gasteiger partial charge in [0.25, 0.3) is 5.56 Å². The Bertz CT molecular complexity index is 881. The molecule has 1 aliphatic rings. The van der Waals surface area contributed by atoms with Gasteiger partial charge in [0.05, 0.1) is 6.61 Å². The summed E-state index contributed by atoms with van der Waals surface area (Å²) in [5.41, 5.74) is -1.08. The number of aliphatic hydroxyl groups excluding tert-OH is 1. The normalized spacial score (nSPS) is 25.8. The van der Waals surface area contributed by atoms with Gasteiger partial charge in [-0.3, -0.25) is 14.3 Å². The first kappa shape index (κ1) is 26.2. The summed E-state index contributed by atoms with van der Waals surface area (Å²) in [6, 6.07) is 1.26. The average Bonchev–Trinajstić information content (AvgIpc) is 2.87. The topological polar surface area (TPSA) is 103 Å². The van der Waals surface area contributed by atoms with Gasteiger partial charge in [0.15, 0.2) is 22.9 Å². The first-order chi connectivity index (χ1) is 13.9. The van der Waals surface area contributed by atoms with E-state index in [1.165, 1.54) is 16.8 Å². The Morgan fingerprint density at radius 1 is 1.06 bits per heavy atom. The minimum absolute atomic E-state index is 0.0167. The van der Waals surface area contributed by atoms with E-state index in [4.69, 9.17) is 13.6 Å². The van der Waals surface area contributed by atoms with Gasteiger partial charge in [-0.1, -0.05) is 41.5 Å². The van der Waals surface area contributed by atoms with Crippen LogP contribution in [0.4, 0.5) is 0 Å². The second-order valence-electron chi connectivity index (χ2n) is 11.5. The van der Waals surface area contributed by atoms with E-state index in [1.807, 2.05) is 0 Å². The smallest absolute Gasteiger partial charge is 0.330 e. The van der Waals surface area contributed by atoms with Crippen LogP contribution >= 0.6 is 0 Å². The van der Waals surface area contributed by atoms with E-state index < -0.39 is 52.4 Å². The number of aliphatic hydroxyl groups is 1. The largest absolute Gasteiger partial charge is 0.414 e. The highest BCUT2D eigenvalue weighted by atomic mass is 28.4. The van der Waals surface area contributed by atoms with Gasteiger partial charge in [0.1, 0.15) is 18.3 Å². The van der Waals surface area contributed by atoms with Crippen molar-refractivity contribution in [3.05, 3.63) is 33.1 Å². The standard InChI is InChI=1S/C21H40N2O6Si2/c1-20(2,3)30(7,8)27-13-14-16(25)17(29-31(9,10)21(4,5)6)18(28-14)23-12-11-15(24)22-19(23)26/h11-12,14,16-18,25H,13H2,1-10H3,(H,22,24,26)/t14-,16-,17-,18-/m1/s1. The van der Waals surface area contributed by atoms with Crippen LogP contribution in [0.1, 0.15) is 47.8 Å². The molecule has 0 aliphatic carbocycles. The maximum atomic E-state index is 12.5. The lowest BCUT2D eigenvalue weighted by Gasteiger charge is -2.40. The average molecular weight is 473 g/mol. The summed E-state index contributed by atoms with van der Waals surface area (Å²) >= 11 is 0. The van der Waals surface area contributed by atoms with Crippen LogP contribution in [0.15, 0.2) is 21.9 Å². The summed E-state index contributed by atoms with van der Waals surface area (Å²) in [5, 5.41) is 11.1. The molecule has 2 heterocycles. The SMILES string of the molecule is CC(C)(C)[Si](C)(C)OC[C@H]1O[C@@H](n2ccc(=O)[nH]c2=O)[C@H](O[Si](C)(C)C(C)(C)C)[C@@H]1O. The molecule has 10 heteroatoms. The molecule has 2 N–H and O–H groups in total. The van der Waals surface area contributed by atoms with Crippen molar-refractivity contribution in [2.45, 2.75) is 102 Å². The van der Waals surface area contributed by atoms with Gasteiger partial charge in [-0.15, -0.1) is 0 Å². The van der Waals surface area contributed by atoms with Crippen molar-refractivity contribution in [2.24, 2.45) is 0 Å². The number of hydrogen-bond donors (Lipinski definition) is 2. The van der Waals surface area contributed by atoms with Crippen molar-refractivity contribution in [2.75, 3.05) is 6.61 Å². The monoisotopic (exact) mass is 472 g/mol. The Labute approximate surface area is 187 Å². The van der Waals surface area contributed by atoms with Gasteiger partial charge in [0.2, 0.25) is 0 Å². The van der Waals surface area contributed by atoms with E-state index >= 15 is 0 Å². The molecule has 0 aromatic carbocycles. The maximum absolute atomic E-state index is 12.5. The quantitative estimate of drug-likeness (QED) is 0.616. The van der Waals surface area contributed by atoms with Gasteiger partial charge < -0.3 is 18.7 Å². The number of aromatic amines is 1. The minimum atomic E-state index is -2.29. The number of nitrogens with one attached hydrogen (secondary N) is 1. The van der Waals surface area contributed by atoms with Gasteiger partial charge in [-0.2, -0.15) is 0 Å². The lowest BCUT2D eigenvalue weighted by atomic mass is 10.1. The van der Waals surface area contributed by atoms with Crippen LogP contribution in [0.3, 0.4) is 0 Å². The number of rotatable bonds is 6. The number of hydrogen-bond acceptors (Lipinski definition) is 6. The summed E-state index contributed by atoms with van der Waals surface area (Å²) in [6.45, 7) is 21.5. The molecule has 0 unspecified atom stereocenters. The Morgan fingerprint density at radius 3 is 2.10 bits per heavy atom. The van der Waals surface area contributed by atoms with E-state index in [0.29, 0.717) is 0 Å². The lowest BCUT2D eigenvalue weighted by Crippen LogP contribution is -2.50. The van der Waals surface area contributed by atoms with Crippen LogP contribution in [0.2, 0.25) is 36.3 Å². The van der Waals surface area contributed by atoms with Gasteiger partial charge >= 0.3 is 5.69 Å². The van der Waals surface area contributed by atoms with Crippen LogP contribution in [-0.4, -0.2) is 56.2 Å². The van der Waals surface area contributed by atoms with Crippen LogP contribution in [0.25, 0.3) is 0 Å². The number of H-pyrrole nitrogens is 1. The maximum Gasteiger partial charge on any atom is 0.330 e. The van der Waals surface area contributed by atoms with Crippen molar-refractivity contribution < 1.29 is 18.7 Å². The zero-order chi connectivity index (χ0) is 24.0. The number of ether oxygens (including phenoxy) is 1. The Hall–Kier alpha value is -1.05. The molecule has 0 bridgehead atoms. The van der Waals surface area contributed by atoms with E-state index in [2.05, 4.69) is 72.7 Å². The molecule has 1 fully saturated rings. The molecule has 1 saturated heterocycles. The molecule has 1 aromatic heterocycles. The molecular weight excluding hydrogens is 432 g/mol.